The van der Waals surface area contributed by atoms with Crippen LogP contribution in [0.4, 0.5) is 5.00 Å². The molecule has 6 heteroatoms. The lowest BCUT2D eigenvalue weighted by Gasteiger charge is -2.26. The van der Waals surface area contributed by atoms with E-state index in [4.69, 9.17) is 5.73 Å². The van der Waals surface area contributed by atoms with Crippen molar-refractivity contribution in [1.29, 1.82) is 0 Å². The first-order valence-corrected chi connectivity index (χ1v) is 8.34. The highest BCUT2D eigenvalue weighted by molar-refractivity contribution is 7.18. The average molecular weight is 309 g/mol. The van der Waals surface area contributed by atoms with Gasteiger partial charge in [0, 0.05) is 19.6 Å². The summed E-state index contributed by atoms with van der Waals surface area (Å²) in [5.74, 6) is -0.167. The SMILES string of the molecule is CCCNC(=O)c1sc(N)c(C(=O)N2CCCCC2)c1C. The zero-order chi connectivity index (χ0) is 15.4. The van der Waals surface area contributed by atoms with Crippen molar-refractivity contribution in [3.63, 3.8) is 0 Å². The van der Waals surface area contributed by atoms with Gasteiger partial charge in [-0.05, 0) is 38.2 Å². The van der Waals surface area contributed by atoms with Crippen molar-refractivity contribution in [3.8, 4) is 0 Å². The lowest BCUT2D eigenvalue weighted by molar-refractivity contribution is 0.0725. The Bertz CT molecular complexity index is 533. The molecular weight excluding hydrogens is 286 g/mol. The number of rotatable bonds is 4. The predicted octanol–water partition coefficient (Wildman–Crippen LogP) is 2.40. The smallest absolute Gasteiger partial charge is 0.261 e. The number of likely N-dealkylation sites (tertiary alicyclic amines) is 1. The molecule has 5 nitrogen and oxygen atoms in total. The zero-order valence-electron chi connectivity index (χ0n) is 12.7. The molecule has 0 spiro atoms. The van der Waals surface area contributed by atoms with Crippen LogP contribution in [0.1, 0.15) is 58.2 Å². The topological polar surface area (TPSA) is 75.4 Å². The molecule has 2 amide bonds. The summed E-state index contributed by atoms with van der Waals surface area (Å²) in [6, 6.07) is 0. The van der Waals surface area contributed by atoms with Crippen molar-refractivity contribution in [2.24, 2.45) is 0 Å². The number of hydrogen-bond acceptors (Lipinski definition) is 4. The molecule has 0 unspecified atom stereocenters. The molecule has 0 aromatic carbocycles. The molecule has 2 heterocycles. The number of amides is 2. The molecule has 0 saturated carbocycles. The number of carbonyl (C=O) groups excluding carboxylic acids is 2. The standard InChI is InChI=1S/C15H23N3O2S/c1-3-7-17-14(19)12-10(2)11(13(16)21-12)15(20)18-8-5-4-6-9-18/h3-9,16H2,1-2H3,(H,17,19). The molecule has 1 aromatic rings. The largest absolute Gasteiger partial charge is 0.390 e. The molecule has 1 saturated heterocycles. The number of piperidine rings is 1. The van der Waals surface area contributed by atoms with Gasteiger partial charge in [-0.2, -0.15) is 0 Å². The van der Waals surface area contributed by atoms with Crippen molar-refractivity contribution in [2.45, 2.75) is 39.5 Å². The zero-order valence-corrected chi connectivity index (χ0v) is 13.5. The molecule has 1 fully saturated rings. The molecule has 1 aromatic heterocycles. The first-order chi connectivity index (χ1) is 10.1. The maximum absolute atomic E-state index is 12.6. The van der Waals surface area contributed by atoms with Gasteiger partial charge in [-0.25, -0.2) is 0 Å². The summed E-state index contributed by atoms with van der Waals surface area (Å²) in [6.45, 7) is 6.01. The number of thiophene rings is 1. The minimum Gasteiger partial charge on any atom is -0.390 e. The van der Waals surface area contributed by atoms with Gasteiger partial charge in [0.1, 0.15) is 0 Å². The minimum absolute atomic E-state index is 0.0320. The Hall–Kier alpha value is -1.56. The highest BCUT2D eigenvalue weighted by Gasteiger charge is 2.27. The summed E-state index contributed by atoms with van der Waals surface area (Å²) in [7, 11) is 0. The van der Waals surface area contributed by atoms with Gasteiger partial charge in [0.25, 0.3) is 11.8 Å². The highest BCUT2D eigenvalue weighted by Crippen LogP contribution is 2.32. The second kappa shape index (κ2) is 6.93. The molecule has 2 rings (SSSR count). The fourth-order valence-corrected chi connectivity index (χ4v) is 3.57. The Balaban J connectivity index is 2.22. The molecule has 3 N–H and O–H groups in total. The van der Waals surface area contributed by atoms with Crippen LogP contribution in [-0.4, -0.2) is 36.3 Å². The third-order valence-electron chi connectivity index (χ3n) is 3.77. The quantitative estimate of drug-likeness (QED) is 0.897. The fraction of sp³-hybridized carbons (Fsp3) is 0.600. The number of nitrogens with one attached hydrogen (secondary N) is 1. The monoisotopic (exact) mass is 309 g/mol. The van der Waals surface area contributed by atoms with Gasteiger partial charge in [-0.3, -0.25) is 9.59 Å². The molecule has 1 aliphatic rings. The maximum atomic E-state index is 12.6. The first kappa shape index (κ1) is 15.8. The third-order valence-corrected chi connectivity index (χ3v) is 4.89. The van der Waals surface area contributed by atoms with Crippen LogP contribution in [0, 0.1) is 6.92 Å². The molecule has 21 heavy (non-hydrogen) atoms. The van der Waals surface area contributed by atoms with Crippen LogP contribution in [-0.2, 0) is 0 Å². The van der Waals surface area contributed by atoms with E-state index in [0.717, 1.165) is 32.4 Å². The van der Waals surface area contributed by atoms with E-state index in [-0.39, 0.29) is 11.8 Å². The summed E-state index contributed by atoms with van der Waals surface area (Å²) >= 11 is 1.21. The van der Waals surface area contributed by atoms with Gasteiger partial charge in [-0.1, -0.05) is 6.92 Å². The third kappa shape index (κ3) is 3.37. The van der Waals surface area contributed by atoms with Crippen LogP contribution < -0.4 is 11.1 Å². The number of anilines is 1. The molecule has 0 atom stereocenters. The molecule has 116 valence electrons. The molecule has 0 radical (unpaired) electrons. The molecule has 0 aliphatic carbocycles. The second-order valence-corrected chi connectivity index (χ2v) is 6.46. The van der Waals surface area contributed by atoms with Crippen LogP contribution in [0.3, 0.4) is 0 Å². The van der Waals surface area contributed by atoms with Crippen molar-refractivity contribution in [1.82, 2.24) is 10.2 Å². The Morgan fingerprint density at radius 3 is 2.57 bits per heavy atom. The number of carbonyl (C=O) groups is 2. The van der Waals surface area contributed by atoms with Crippen molar-refractivity contribution in [3.05, 3.63) is 16.0 Å². The second-order valence-electron chi connectivity index (χ2n) is 5.40. The average Bonchev–Trinajstić information content (AvgIpc) is 2.80. The van der Waals surface area contributed by atoms with E-state index in [2.05, 4.69) is 5.32 Å². The summed E-state index contributed by atoms with van der Waals surface area (Å²) in [5.41, 5.74) is 7.23. The van der Waals surface area contributed by atoms with Crippen LogP contribution in [0.15, 0.2) is 0 Å². The van der Waals surface area contributed by atoms with E-state index >= 15 is 0 Å². The Kier molecular flexibility index (Phi) is 5.22. The Morgan fingerprint density at radius 1 is 1.29 bits per heavy atom. The van der Waals surface area contributed by atoms with Crippen molar-refractivity contribution >= 4 is 28.2 Å². The van der Waals surface area contributed by atoms with Crippen LogP contribution in [0.5, 0.6) is 0 Å². The number of nitrogens with two attached hydrogens (primary N) is 1. The van der Waals surface area contributed by atoms with E-state index in [1.165, 1.54) is 17.8 Å². The molecule has 1 aliphatic heterocycles. The van der Waals surface area contributed by atoms with Gasteiger partial charge in [0.15, 0.2) is 0 Å². The highest BCUT2D eigenvalue weighted by atomic mass is 32.1. The van der Waals surface area contributed by atoms with Crippen molar-refractivity contribution in [2.75, 3.05) is 25.4 Å². The summed E-state index contributed by atoms with van der Waals surface area (Å²) < 4.78 is 0. The molecular formula is C15H23N3O2S. The van der Waals surface area contributed by atoms with E-state index in [1.807, 2.05) is 18.7 Å². The Labute approximate surface area is 129 Å². The van der Waals surface area contributed by atoms with E-state index in [1.54, 1.807) is 0 Å². The van der Waals surface area contributed by atoms with E-state index in [0.29, 0.717) is 27.5 Å². The van der Waals surface area contributed by atoms with Gasteiger partial charge in [-0.15, -0.1) is 11.3 Å². The predicted molar refractivity (Wildman–Crippen MR) is 85.8 cm³/mol. The Morgan fingerprint density at radius 2 is 1.95 bits per heavy atom. The lowest BCUT2D eigenvalue weighted by atomic mass is 10.1. The van der Waals surface area contributed by atoms with Crippen LogP contribution >= 0.6 is 11.3 Å². The summed E-state index contributed by atoms with van der Waals surface area (Å²) in [6.07, 6.45) is 4.13. The van der Waals surface area contributed by atoms with Gasteiger partial charge in [0.2, 0.25) is 0 Å². The maximum Gasteiger partial charge on any atom is 0.261 e. The first-order valence-electron chi connectivity index (χ1n) is 7.52. The number of hydrogen-bond donors (Lipinski definition) is 2. The number of nitrogens with zero attached hydrogens (tertiary/aromatic N) is 1. The summed E-state index contributed by atoms with van der Waals surface area (Å²) in [4.78, 5) is 27.1. The van der Waals surface area contributed by atoms with E-state index < -0.39 is 0 Å². The normalized spacial score (nSPS) is 15.0. The van der Waals surface area contributed by atoms with E-state index in [9.17, 15) is 9.59 Å². The van der Waals surface area contributed by atoms with Gasteiger partial charge in [0.05, 0.1) is 15.4 Å². The fourth-order valence-electron chi connectivity index (χ4n) is 2.59. The molecule has 0 bridgehead atoms. The van der Waals surface area contributed by atoms with Gasteiger partial charge >= 0.3 is 0 Å². The minimum atomic E-state index is -0.135. The summed E-state index contributed by atoms with van der Waals surface area (Å²) in [5, 5.41) is 3.29. The van der Waals surface area contributed by atoms with Gasteiger partial charge < -0.3 is 16.0 Å². The van der Waals surface area contributed by atoms with Crippen molar-refractivity contribution < 1.29 is 9.59 Å². The van der Waals surface area contributed by atoms with Crippen LogP contribution in [0.25, 0.3) is 0 Å². The lowest BCUT2D eigenvalue weighted by Crippen LogP contribution is -2.36. The van der Waals surface area contributed by atoms with Crippen LogP contribution in [0.2, 0.25) is 0 Å². The number of nitrogen functional groups attached to an aromatic ring is 1.